The molecule has 0 amide bonds. The summed E-state index contributed by atoms with van der Waals surface area (Å²) in [4.78, 5) is 20.6. The maximum atomic E-state index is 14.0. The number of benzene rings is 1. The predicted molar refractivity (Wildman–Crippen MR) is 159 cm³/mol. The highest BCUT2D eigenvalue weighted by Gasteiger charge is 2.57. The molecule has 4 rings (SSSR count). The minimum absolute atomic E-state index is 0.159. The minimum Gasteiger partial charge on any atom is -0.464 e. The summed E-state index contributed by atoms with van der Waals surface area (Å²) in [5.41, 5.74) is 5.17. The van der Waals surface area contributed by atoms with Crippen molar-refractivity contribution < 1.29 is 38.1 Å². The van der Waals surface area contributed by atoms with Gasteiger partial charge in [-0.15, -0.1) is 0 Å². The van der Waals surface area contributed by atoms with Gasteiger partial charge in [0.05, 0.1) is 25.5 Å². The van der Waals surface area contributed by atoms with Gasteiger partial charge in [0.15, 0.2) is 11.4 Å². The number of aliphatic hydroxyl groups is 2. The molecule has 14 nitrogen and oxygen atoms in total. The fourth-order valence-corrected chi connectivity index (χ4v) is 6.41. The van der Waals surface area contributed by atoms with Crippen molar-refractivity contribution in [1.29, 1.82) is 0 Å². The van der Waals surface area contributed by atoms with Crippen molar-refractivity contribution >= 4 is 31.8 Å². The van der Waals surface area contributed by atoms with Crippen LogP contribution in [-0.2, 0) is 29.0 Å². The van der Waals surface area contributed by atoms with Crippen molar-refractivity contribution in [3.8, 4) is 5.75 Å². The molecular formula is C28H39N6O8P. The number of rotatable bonds is 15. The first-order chi connectivity index (χ1) is 20.6. The molecule has 1 aromatic carbocycles. The maximum Gasteiger partial charge on any atom is 0.459 e. The Balaban J connectivity index is 1.55. The van der Waals surface area contributed by atoms with Crippen molar-refractivity contribution in [2.45, 2.75) is 63.6 Å². The van der Waals surface area contributed by atoms with Gasteiger partial charge < -0.3 is 29.9 Å². The van der Waals surface area contributed by atoms with E-state index in [9.17, 15) is 19.6 Å². The number of aliphatic imine (C=N–C) groups is 1. The van der Waals surface area contributed by atoms with E-state index in [1.54, 1.807) is 42.5 Å². The average molecular weight is 619 g/mol. The summed E-state index contributed by atoms with van der Waals surface area (Å²) in [6, 6.07) is 10.5. The zero-order valence-corrected chi connectivity index (χ0v) is 25.3. The Labute approximate surface area is 249 Å². The number of carbonyl (C=O) groups is 1. The molecule has 1 saturated heterocycles. The van der Waals surface area contributed by atoms with Crippen LogP contribution in [0.4, 0.5) is 5.82 Å². The van der Waals surface area contributed by atoms with Crippen molar-refractivity contribution in [2.75, 3.05) is 25.5 Å². The normalized spacial score (nSPS) is 24.1. The van der Waals surface area contributed by atoms with E-state index in [1.165, 1.54) is 17.8 Å². The number of fused-ring (bicyclic) bond motifs is 1. The van der Waals surface area contributed by atoms with Gasteiger partial charge in [0.25, 0.3) is 0 Å². The van der Waals surface area contributed by atoms with E-state index in [4.69, 9.17) is 24.3 Å². The Morgan fingerprint density at radius 3 is 2.65 bits per heavy atom. The van der Waals surface area contributed by atoms with Crippen molar-refractivity contribution in [3.05, 3.63) is 54.5 Å². The number of hydrogen-bond acceptors (Lipinski definition) is 12. The first kappa shape index (κ1) is 32.5. The number of nitrogens with zero attached hydrogens (tertiary/aromatic N) is 4. The molecule has 0 spiro atoms. The Kier molecular flexibility index (Phi) is 10.5. The third kappa shape index (κ3) is 7.06. The molecule has 3 aromatic rings. The number of aromatic nitrogens is 3. The zero-order chi connectivity index (χ0) is 31.2. The molecule has 1 aliphatic rings. The summed E-state index contributed by atoms with van der Waals surface area (Å²) in [5.74, 6) is -0.00459. The van der Waals surface area contributed by atoms with Gasteiger partial charge in [0.2, 0.25) is 0 Å². The van der Waals surface area contributed by atoms with E-state index in [-0.39, 0.29) is 30.6 Å². The summed E-state index contributed by atoms with van der Waals surface area (Å²) in [5, 5.41) is 29.2. The van der Waals surface area contributed by atoms with E-state index >= 15 is 0 Å². The van der Waals surface area contributed by atoms with Gasteiger partial charge in [0.1, 0.15) is 41.9 Å². The summed E-state index contributed by atoms with van der Waals surface area (Å²) in [6.07, 6.45) is -1.27. The van der Waals surface area contributed by atoms with E-state index < -0.39 is 50.3 Å². The van der Waals surface area contributed by atoms with E-state index in [0.717, 1.165) is 12.8 Å². The first-order valence-electron chi connectivity index (χ1n) is 14.1. The van der Waals surface area contributed by atoms with Crippen molar-refractivity contribution in [2.24, 2.45) is 10.9 Å². The number of nitrogen functional groups attached to an aromatic ring is 1. The molecule has 5 N–H and O–H groups in total. The number of nitrogens with one attached hydrogen (secondary N) is 1. The quantitative estimate of drug-likeness (QED) is 0.111. The molecule has 0 bridgehead atoms. The lowest BCUT2D eigenvalue weighted by atomic mass is 9.91. The Morgan fingerprint density at radius 2 is 1.98 bits per heavy atom. The number of carbonyl (C=O) groups excluding carboxylic acids is 1. The van der Waals surface area contributed by atoms with Crippen molar-refractivity contribution in [1.82, 2.24) is 19.7 Å². The lowest BCUT2D eigenvalue weighted by molar-refractivity contribution is -0.146. The van der Waals surface area contributed by atoms with Gasteiger partial charge in [-0.3, -0.25) is 14.3 Å². The Morgan fingerprint density at radius 1 is 1.26 bits per heavy atom. The van der Waals surface area contributed by atoms with Crippen LogP contribution in [0.5, 0.6) is 5.75 Å². The standard InChI is InChI=1S/C28H39N6O8P/c1-5-19(6-2)14-39-27(37)18(3)33-43(38,42-20-10-8-7-9-11-20)40-15-22-24(35)25(36)28(41-22,16-30-4)23-13-12-21-26(29)31-17-32-34(21)23/h7-13,17-19,22,24-25,35-36H,4-6,14-16H2,1-3H3,(H,33,38)(H2,29,31,32)/t18-,22?,24?,25+,28-,43?/m0/s1. The first-order valence-corrected chi connectivity index (χ1v) is 15.6. The van der Waals surface area contributed by atoms with Gasteiger partial charge in [0, 0.05) is 0 Å². The number of nitrogens with two attached hydrogens (primary N) is 1. The van der Waals surface area contributed by atoms with Crippen LogP contribution >= 0.6 is 7.75 Å². The second kappa shape index (κ2) is 13.9. The number of para-hydroxylation sites is 1. The highest BCUT2D eigenvalue weighted by Crippen LogP contribution is 2.47. The van der Waals surface area contributed by atoms with Gasteiger partial charge >= 0.3 is 13.7 Å². The smallest absolute Gasteiger partial charge is 0.459 e. The SMILES string of the molecule is C=NC[C@@]1(c2ccc3c(N)ncnn23)OC(COP(=O)(N[C@@H](C)C(=O)OCC(CC)CC)Oc2ccccc2)C(O)[C@H]1O. The molecule has 2 aromatic heterocycles. The van der Waals surface area contributed by atoms with Crippen LogP contribution < -0.4 is 15.3 Å². The predicted octanol–water partition coefficient (Wildman–Crippen LogP) is 2.49. The van der Waals surface area contributed by atoms with Crippen molar-refractivity contribution in [3.63, 3.8) is 0 Å². The van der Waals surface area contributed by atoms with Gasteiger partial charge in [-0.1, -0.05) is 44.9 Å². The summed E-state index contributed by atoms with van der Waals surface area (Å²) in [6.45, 7) is 8.62. The molecule has 234 valence electrons. The highest BCUT2D eigenvalue weighted by atomic mass is 31.2. The minimum atomic E-state index is -4.28. The topological polar surface area (TPSA) is 192 Å². The second-order valence-electron chi connectivity index (χ2n) is 10.4. The molecule has 43 heavy (non-hydrogen) atoms. The lowest BCUT2D eigenvalue weighted by Gasteiger charge is -2.30. The van der Waals surface area contributed by atoms with Crippen LogP contribution in [0.3, 0.4) is 0 Å². The fourth-order valence-electron chi connectivity index (χ4n) is 4.91. The number of aliphatic hydroxyl groups excluding tert-OH is 2. The average Bonchev–Trinajstić information content (AvgIpc) is 3.54. The number of hydrogen-bond donors (Lipinski definition) is 4. The van der Waals surface area contributed by atoms with Gasteiger partial charge in [-0.05, 0) is 43.8 Å². The largest absolute Gasteiger partial charge is 0.464 e. The molecule has 0 saturated carbocycles. The van der Waals surface area contributed by atoms with Crippen LogP contribution in [0.2, 0.25) is 0 Å². The summed E-state index contributed by atoms with van der Waals surface area (Å²) < 4.78 is 38.5. The molecule has 6 atom stereocenters. The summed E-state index contributed by atoms with van der Waals surface area (Å²) >= 11 is 0. The number of ether oxygens (including phenoxy) is 2. The highest BCUT2D eigenvalue weighted by molar-refractivity contribution is 7.52. The summed E-state index contributed by atoms with van der Waals surface area (Å²) in [7, 11) is -4.28. The molecular weight excluding hydrogens is 579 g/mol. The van der Waals surface area contributed by atoms with E-state index in [2.05, 4.69) is 26.9 Å². The fraction of sp³-hybridized carbons (Fsp3) is 0.500. The maximum absolute atomic E-state index is 14.0. The molecule has 1 aliphatic heterocycles. The monoisotopic (exact) mass is 618 g/mol. The molecule has 3 unspecified atom stereocenters. The molecule has 0 radical (unpaired) electrons. The Hall–Kier alpha value is -3.39. The zero-order valence-electron chi connectivity index (χ0n) is 24.4. The Bertz CT molecular complexity index is 1440. The van der Waals surface area contributed by atoms with E-state index in [1.807, 2.05) is 13.8 Å². The third-order valence-corrected chi connectivity index (χ3v) is 9.15. The third-order valence-electron chi connectivity index (χ3n) is 7.50. The second-order valence-corrected chi connectivity index (χ2v) is 12.1. The van der Waals surface area contributed by atoms with Crippen LogP contribution in [0.25, 0.3) is 5.52 Å². The lowest BCUT2D eigenvalue weighted by Crippen LogP contribution is -2.44. The molecule has 15 heteroatoms. The van der Waals surface area contributed by atoms with Gasteiger partial charge in [-0.25, -0.2) is 14.1 Å². The van der Waals surface area contributed by atoms with Crippen LogP contribution in [-0.4, -0.2) is 81.6 Å². The van der Waals surface area contributed by atoms with Gasteiger partial charge in [-0.2, -0.15) is 10.2 Å². The van der Waals surface area contributed by atoms with E-state index in [0.29, 0.717) is 11.2 Å². The molecule has 1 fully saturated rings. The molecule has 3 heterocycles. The van der Waals surface area contributed by atoms with Crippen LogP contribution in [0.1, 0.15) is 39.3 Å². The van der Waals surface area contributed by atoms with Crippen LogP contribution in [0.15, 0.2) is 53.8 Å². The number of anilines is 1. The molecule has 0 aliphatic carbocycles. The van der Waals surface area contributed by atoms with Crippen LogP contribution in [0, 0.1) is 5.92 Å². The number of esters is 1.